The third-order valence-electron chi connectivity index (χ3n) is 5.08. The minimum atomic E-state index is -3.97. The van der Waals surface area contributed by atoms with E-state index in [2.05, 4.69) is 10.5 Å². The van der Waals surface area contributed by atoms with E-state index >= 15 is 0 Å². The molecule has 0 unspecified atom stereocenters. The molecular formula is C25H27N3O3S. The number of para-hydroxylation sites is 1. The Morgan fingerprint density at radius 3 is 2.22 bits per heavy atom. The van der Waals surface area contributed by atoms with Crippen LogP contribution in [0.3, 0.4) is 0 Å². The molecule has 0 aliphatic heterocycles. The number of hydrogen-bond donors (Lipinski definition) is 1. The minimum Gasteiger partial charge on any atom is -0.271 e. The molecule has 7 heteroatoms. The van der Waals surface area contributed by atoms with E-state index < -0.39 is 22.5 Å². The van der Waals surface area contributed by atoms with Crippen molar-refractivity contribution < 1.29 is 13.2 Å². The Kier molecular flexibility index (Phi) is 7.43. The number of nitrogens with one attached hydrogen (secondary N) is 1. The topological polar surface area (TPSA) is 78.8 Å². The van der Waals surface area contributed by atoms with E-state index in [-0.39, 0.29) is 4.90 Å². The van der Waals surface area contributed by atoms with Crippen molar-refractivity contribution in [2.45, 2.75) is 32.1 Å². The van der Waals surface area contributed by atoms with Gasteiger partial charge in [0.1, 0.15) is 6.54 Å². The van der Waals surface area contributed by atoms with Crippen LogP contribution in [0.5, 0.6) is 0 Å². The van der Waals surface area contributed by atoms with Crippen LogP contribution in [0.2, 0.25) is 0 Å². The standard InChI is InChI=1S/C25H27N3O3S/c1-4-21-10-8-9-13-24(21)28(32(30,31)23-16-14-19(2)15-17-23)18-25(29)27-26-20(3)22-11-6-5-7-12-22/h5-17H,4,18H2,1-3H3,(H,27,29)/b26-20-. The molecule has 0 aliphatic carbocycles. The minimum absolute atomic E-state index is 0.130. The molecule has 0 radical (unpaired) electrons. The molecule has 0 atom stereocenters. The van der Waals surface area contributed by atoms with Crippen molar-refractivity contribution in [3.8, 4) is 0 Å². The maximum absolute atomic E-state index is 13.5. The van der Waals surface area contributed by atoms with Crippen LogP contribution in [0.15, 0.2) is 88.9 Å². The van der Waals surface area contributed by atoms with Crippen molar-refractivity contribution in [2.24, 2.45) is 5.10 Å². The molecule has 3 aromatic rings. The first-order valence-corrected chi connectivity index (χ1v) is 11.8. The first kappa shape index (κ1) is 23.2. The van der Waals surface area contributed by atoms with Gasteiger partial charge in [0.15, 0.2) is 0 Å². The number of carbonyl (C=O) groups excluding carboxylic acids is 1. The molecule has 3 rings (SSSR count). The fraction of sp³-hybridized carbons (Fsp3) is 0.200. The number of nitrogens with zero attached hydrogens (tertiary/aromatic N) is 2. The molecule has 0 aromatic heterocycles. The summed E-state index contributed by atoms with van der Waals surface area (Å²) in [7, 11) is -3.97. The van der Waals surface area contributed by atoms with Gasteiger partial charge in [0, 0.05) is 0 Å². The van der Waals surface area contributed by atoms with Crippen LogP contribution in [0, 0.1) is 6.92 Å². The van der Waals surface area contributed by atoms with Crippen molar-refractivity contribution in [3.05, 3.63) is 95.6 Å². The maximum Gasteiger partial charge on any atom is 0.264 e. The molecule has 0 heterocycles. The van der Waals surface area contributed by atoms with E-state index in [1.54, 1.807) is 43.3 Å². The van der Waals surface area contributed by atoms with E-state index in [9.17, 15) is 13.2 Å². The van der Waals surface area contributed by atoms with Gasteiger partial charge in [0.25, 0.3) is 15.9 Å². The number of carbonyl (C=O) groups is 1. The molecular weight excluding hydrogens is 422 g/mol. The van der Waals surface area contributed by atoms with E-state index in [1.807, 2.05) is 56.3 Å². The number of rotatable bonds is 8. The summed E-state index contributed by atoms with van der Waals surface area (Å²) in [5.41, 5.74) is 6.25. The Labute approximate surface area is 189 Å². The Morgan fingerprint density at radius 1 is 0.938 bits per heavy atom. The Hall–Kier alpha value is -3.45. The summed E-state index contributed by atoms with van der Waals surface area (Å²) in [6.45, 7) is 5.23. The Morgan fingerprint density at radius 2 is 1.56 bits per heavy atom. The van der Waals surface area contributed by atoms with E-state index in [1.165, 1.54) is 0 Å². The lowest BCUT2D eigenvalue weighted by molar-refractivity contribution is -0.119. The van der Waals surface area contributed by atoms with Crippen LogP contribution in [-0.4, -0.2) is 26.6 Å². The van der Waals surface area contributed by atoms with Crippen molar-refractivity contribution >= 4 is 27.3 Å². The van der Waals surface area contributed by atoms with Crippen molar-refractivity contribution in [1.82, 2.24) is 5.43 Å². The third-order valence-corrected chi connectivity index (χ3v) is 6.85. The van der Waals surface area contributed by atoms with Gasteiger partial charge in [-0.3, -0.25) is 9.10 Å². The van der Waals surface area contributed by atoms with E-state index in [0.29, 0.717) is 17.8 Å². The first-order valence-electron chi connectivity index (χ1n) is 10.4. The largest absolute Gasteiger partial charge is 0.271 e. The summed E-state index contributed by atoms with van der Waals surface area (Å²) in [5, 5.41) is 4.15. The van der Waals surface area contributed by atoms with Gasteiger partial charge < -0.3 is 0 Å². The predicted octanol–water partition coefficient (Wildman–Crippen LogP) is 4.29. The fourth-order valence-corrected chi connectivity index (χ4v) is 4.70. The molecule has 0 saturated heterocycles. The Balaban J connectivity index is 1.92. The Bertz CT molecular complexity index is 1200. The SMILES string of the molecule is CCc1ccccc1N(CC(=O)N/N=C(/C)c1ccccc1)S(=O)(=O)c1ccc(C)cc1. The highest BCUT2D eigenvalue weighted by Crippen LogP contribution is 2.27. The summed E-state index contributed by atoms with van der Waals surface area (Å²) >= 11 is 0. The van der Waals surface area contributed by atoms with Gasteiger partial charge in [-0.2, -0.15) is 5.10 Å². The van der Waals surface area contributed by atoms with Gasteiger partial charge in [0.05, 0.1) is 16.3 Å². The van der Waals surface area contributed by atoms with Gasteiger partial charge in [-0.05, 0) is 49.6 Å². The molecule has 0 aliphatic rings. The number of benzene rings is 3. The number of sulfonamides is 1. The van der Waals surface area contributed by atoms with E-state index in [4.69, 9.17) is 0 Å². The summed E-state index contributed by atoms with van der Waals surface area (Å²) in [6.07, 6.45) is 0.628. The normalized spacial score (nSPS) is 11.8. The lowest BCUT2D eigenvalue weighted by atomic mass is 10.1. The van der Waals surface area contributed by atoms with Gasteiger partial charge in [-0.15, -0.1) is 0 Å². The molecule has 166 valence electrons. The van der Waals surface area contributed by atoms with Crippen molar-refractivity contribution in [3.63, 3.8) is 0 Å². The van der Waals surface area contributed by atoms with Crippen LogP contribution in [-0.2, 0) is 21.2 Å². The summed E-state index contributed by atoms with van der Waals surface area (Å²) < 4.78 is 28.2. The van der Waals surface area contributed by atoms with Crippen molar-refractivity contribution in [2.75, 3.05) is 10.8 Å². The lowest BCUT2D eigenvalue weighted by Crippen LogP contribution is -2.40. The average molecular weight is 450 g/mol. The zero-order valence-corrected chi connectivity index (χ0v) is 19.3. The maximum atomic E-state index is 13.5. The van der Waals surface area contributed by atoms with Crippen LogP contribution in [0.1, 0.15) is 30.5 Å². The predicted molar refractivity (Wildman–Crippen MR) is 128 cm³/mol. The number of anilines is 1. The van der Waals surface area contributed by atoms with Crippen LogP contribution in [0.25, 0.3) is 0 Å². The van der Waals surface area contributed by atoms with Crippen molar-refractivity contribution in [1.29, 1.82) is 0 Å². The van der Waals surface area contributed by atoms with E-state index in [0.717, 1.165) is 21.0 Å². The van der Waals surface area contributed by atoms with Gasteiger partial charge >= 0.3 is 0 Å². The first-order chi connectivity index (χ1) is 15.3. The third kappa shape index (κ3) is 5.42. The van der Waals surface area contributed by atoms with Gasteiger partial charge in [0.2, 0.25) is 0 Å². The highest BCUT2D eigenvalue weighted by molar-refractivity contribution is 7.92. The summed E-state index contributed by atoms with van der Waals surface area (Å²) in [5.74, 6) is -0.526. The molecule has 0 fully saturated rings. The highest BCUT2D eigenvalue weighted by Gasteiger charge is 2.28. The average Bonchev–Trinajstić information content (AvgIpc) is 2.81. The summed E-state index contributed by atoms with van der Waals surface area (Å²) in [4.78, 5) is 12.9. The van der Waals surface area contributed by atoms with Crippen LogP contribution >= 0.6 is 0 Å². The number of hydrogen-bond acceptors (Lipinski definition) is 4. The molecule has 3 aromatic carbocycles. The zero-order chi connectivity index (χ0) is 23.1. The second-order valence-corrected chi connectivity index (χ2v) is 9.27. The zero-order valence-electron chi connectivity index (χ0n) is 18.4. The number of hydrazone groups is 1. The molecule has 1 N–H and O–H groups in total. The number of aryl methyl sites for hydroxylation is 2. The second-order valence-electron chi connectivity index (χ2n) is 7.41. The fourth-order valence-electron chi connectivity index (χ4n) is 3.25. The molecule has 0 saturated carbocycles. The monoisotopic (exact) mass is 449 g/mol. The lowest BCUT2D eigenvalue weighted by Gasteiger charge is -2.26. The molecule has 0 spiro atoms. The quantitative estimate of drug-likeness (QED) is 0.412. The van der Waals surface area contributed by atoms with Crippen LogP contribution in [0.4, 0.5) is 5.69 Å². The van der Waals surface area contributed by atoms with Gasteiger partial charge in [-0.25, -0.2) is 13.8 Å². The molecule has 0 bridgehead atoms. The van der Waals surface area contributed by atoms with Crippen LogP contribution < -0.4 is 9.73 Å². The second kappa shape index (κ2) is 10.2. The number of amides is 1. The molecule has 6 nitrogen and oxygen atoms in total. The highest BCUT2D eigenvalue weighted by atomic mass is 32.2. The molecule has 1 amide bonds. The smallest absolute Gasteiger partial charge is 0.264 e. The summed E-state index contributed by atoms with van der Waals surface area (Å²) in [6, 6.07) is 23.2. The molecule has 32 heavy (non-hydrogen) atoms. The van der Waals surface area contributed by atoms with Gasteiger partial charge in [-0.1, -0.05) is 73.2 Å².